The third kappa shape index (κ3) is 3.14. The van der Waals surface area contributed by atoms with Crippen molar-refractivity contribution in [2.75, 3.05) is 5.32 Å². The van der Waals surface area contributed by atoms with Gasteiger partial charge < -0.3 is 5.32 Å². The molecular formula is C10H6BrClF2N2S. The lowest BCUT2D eigenvalue weighted by molar-refractivity contribution is 0.596. The monoisotopic (exact) mass is 338 g/mol. The van der Waals surface area contributed by atoms with Crippen molar-refractivity contribution < 1.29 is 8.78 Å². The van der Waals surface area contributed by atoms with E-state index >= 15 is 0 Å². The summed E-state index contributed by atoms with van der Waals surface area (Å²) < 4.78 is 27.3. The van der Waals surface area contributed by atoms with E-state index in [2.05, 4.69) is 26.2 Å². The second-order valence-corrected chi connectivity index (χ2v) is 5.76. The largest absolute Gasteiger partial charge is 0.376 e. The number of aromatic nitrogens is 1. The Labute approximate surface area is 114 Å². The minimum absolute atomic E-state index is 0.0945. The van der Waals surface area contributed by atoms with Gasteiger partial charge in [0.15, 0.2) is 0 Å². The fourth-order valence-electron chi connectivity index (χ4n) is 1.20. The molecule has 90 valence electrons. The SMILES string of the molecule is Fc1cc(NCc2ncc(Cl)s2)c(F)cc1Br. The molecule has 0 atom stereocenters. The number of nitrogens with one attached hydrogen (secondary N) is 1. The molecule has 7 heteroatoms. The summed E-state index contributed by atoms with van der Waals surface area (Å²) in [5.74, 6) is -1.05. The van der Waals surface area contributed by atoms with Gasteiger partial charge in [-0.2, -0.15) is 0 Å². The Bertz CT molecular complexity index is 547. The Morgan fingerprint density at radius 2 is 2.12 bits per heavy atom. The highest BCUT2D eigenvalue weighted by atomic mass is 79.9. The quantitative estimate of drug-likeness (QED) is 0.836. The highest BCUT2D eigenvalue weighted by molar-refractivity contribution is 9.10. The zero-order chi connectivity index (χ0) is 12.4. The van der Waals surface area contributed by atoms with E-state index in [1.165, 1.54) is 17.5 Å². The normalized spacial score (nSPS) is 10.6. The molecule has 0 amide bonds. The molecule has 2 aromatic rings. The van der Waals surface area contributed by atoms with Crippen molar-refractivity contribution in [3.05, 3.63) is 43.8 Å². The molecule has 0 aliphatic rings. The zero-order valence-electron chi connectivity index (χ0n) is 8.31. The Balaban J connectivity index is 2.11. The van der Waals surface area contributed by atoms with Crippen molar-refractivity contribution in [2.24, 2.45) is 0 Å². The molecule has 0 fully saturated rings. The summed E-state index contributed by atoms with van der Waals surface area (Å²) in [6.07, 6.45) is 1.52. The predicted octanol–water partition coefficient (Wildman–Crippen LogP) is 4.45. The molecule has 2 rings (SSSR count). The lowest BCUT2D eigenvalue weighted by atomic mass is 10.3. The van der Waals surface area contributed by atoms with Crippen molar-refractivity contribution in [3.8, 4) is 0 Å². The molecule has 1 aromatic carbocycles. The van der Waals surface area contributed by atoms with Gasteiger partial charge in [0.05, 0.1) is 22.9 Å². The van der Waals surface area contributed by atoms with Gasteiger partial charge in [0.1, 0.15) is 21.0 Å². The fraction of sp³-hybridized carbons (Fsp3) is 0.100. The highest BCUT2D eigenvalue weighted by Crippen LogP contribution is 2.24. The second-order valence-electron chi connectivity index (χ2n) is 3.16. The maximum Gasteiger partial charge on any atom is 0.147 e. The average Bonchev–Trinajstić information content (AvgIpc) is 2.68. The molecule has 1 heterocycles. The van der Waals surface area contributed by atoms with E-state index in [0.717, 1.165) is 12.1 Å². The van der Waals surface area contributed by atoms with Gasteiger partial charge >= 0.3 is 0 Å². The van der Waals surface area contributed by atoms with Crippen molar-refractivity contribution in [3.63, 3.8) is 0 Å². The first-order valence-corrected chi connectivity index (χ1v) is 6.53. The Morgan fingerprint density at radius 3 is 2.76 bits per heavy atom. The summed E-state index contributed by atoms with van der Waals surface area (Å²) in [7, 11) is 0. The van der Waals surface area contributed by atoms with Crippen LogP contribution in [0.1, 0.15) is 5.01 Å². The lowest BCUT2D eigenvalue weighted by Gasteiger charge is -2.06. The highest BCUT2D eigenvalue weighted by Gasteiger charge is 2.08. The van der Waals surface area contributed by atoms with Crippen molar-refractivity contribution in [2.45, 2.75) is 6.54 Å². The summed E-state index contributed by atoms with van der Waals surface area (Å²) in [5.41, 5.74) is 0.0945. The number of anilines is 1. The number of halogens is 4. The molecule has 0 saturated heterocycles. The van der Waals surface area contributed by atoms with Crippen LogP contribution in [-0.4, -0.2) is 4.98 Å². The summed E-state index contributed by atoms with van der Waals surface area (Å²) in [6, 6.07) is 2.17. The molecule has 2 nitrogen and oxygen atoms in total. The first kappa shape index (κ1) is 12.7. The predicted molar refractivity (Wildman–Crippen MR) is 68.5 cm³/mol. The molecule has 0 aliphatic heterocycles. The summed E-state index contributed by atoms with van der Waals surface area (Å²) in [6.45, 7) is 0.301. The minimum Gasteiger partial charge on any atom is -0.376 e. The van der Waals surface area contributed by atoms with E-state index < -0.39 is 11.6 Å². The number of hydrogen-bond acceptors (Lipinski definition) is 3. The molecule has 0 aliphatic carbocycles. The van der Waals surface area contributed by atoms with Gasteiger partial charge in [-0.25, -0.2) is 13.8 Å². The van der Waals surface area contributed by atoms with Crippen LogP contribution in [-0.2, 0) is 6.54 Å². The second kappa shape index (κ2) is 5.29. The van der Waals surface area contributed by atoms with Gasteiger partial charge in [-0.3, -0.25) is 0 Å². The molecule has 1 N–H and O–H groups in total. The first-order valence-electron chi connectivity index (χ1n) is 4.55. The van der Waals surface area contributed by atoms with Crippen LogP contribution in [0.25, 0.3) is 0 Å². The third-order valence-electron chi connectivity index (χ3n) is 1.97. The van der Waals surface area contributed by atoms with Crippen LogP contribution in [0.15, 0.2) is 22.8 Å². The summed E-state index contributed by atoms with van der Waals surface area (Å²) in [5, 5.41) is 3.47. The van der Waals surface area contributed by atoms with Crippen LogP contribution in [0.5, 0.6) is 0 Å². The smallest absolute Gasteiger partial charge is 0.147 e. The fourth-order valence-corrected chi connectivity index (χ4v) is 2.41. The average molecular weight is 340 g/mol. The number of thiazole rings is 1. The molecule has 0 radical (unpaired) electrons. The number of hydrogen-bond donors (Lipinski definition) is 1. The minimum atomic E-state index is -0.527. The molecule has 17 heavy (non-hydrogen) atoms. The summed E-state index contributed by atoms with van der Waals surface area (Å²) >= 11 is 9.90. The van der Waals surface area contributed by atoms with E-state index in [0.29, 0.717) is 15.9 Å². The van der Waals surface area contributed by atoms with Crippen molar-refractivity contribution in [1.82, 2.24) is 4.98 Å². The van der Waals surface area contributed by atoms with E-state index in [1.807, 2.05) is 0 Å². The van der Waals surface area contributed by atoms with Crippen LogP contribution in [0.2, 0.25) is 4.34 Å². The third-order valence-corrected chi connectivity index (χ3v) is 3.69. The topological polar surface area (TPSA) is 24.9 Å². The lowest BCUT2D eigenvalue weighted by Crippen LogP contribution is -2.01. The van der Waals surface area contributed by atoms with Crippen molar-refractivity contribution >= 4 is 44.6 Å². The van der Waals surface area contributed by atoms with Gasteiger partial charge in [-0.05, 0) is 22.0 Å². The van der Waals surface area contributed by atoms with Crippen LogP contribution < -0.4 is 5.32 Å². The maximum absolute atomic E-state index is 13.4. The van der Waals surface area contributed by atoms with Gasteiger partial charge in [0.25, 0.3) is 0 Å². The van der Waals surface area contributed by atoms with Crippen molar-refractivity contribution in [1.29, 1.82) is 0 Å². The van der Waals surface area contributed by atoms with E-state index in [9.17, 15) is 8.78 Å². The van der Waals surface area contributed by atoms with Crippen LogP contribution in [0.3, 0.4) is 0 Å². The van der Waals surface area contributed by atoms with E-state index in [-0.39, 0.29) is 10.2 Å². The number of nitrogens with zero attached hydrogens (tertiary/aromatic N) is 1. The van der Waals surface area contributed by atoms with Crippen LogP contribution >= 0.6 is 38.9 Å². The van der Waals surface area contributed by atoms with Gasteiger partial charge in [-0.15, -0.1) is 11.3 Å². The molecule has 0 unspecified atom stereocenters. The van der Waals surface area contributed by atoms with E-state index in [1.54, 1.807) is 0 Å². The summed E-state index contributed by atoms with van der Waals surface area (Å²) in [4.78, 5) is 4.00. The maximum atomic E-state index is 13.4. The molecule has 0 spiro atoms. The number of rotatable bonds is 3. The van der Waals surface area contributed by atoms with Crippen LogP contribution in [0, 0.1) is 11.6 Å². The van der Waals surface area contributed by atoms with Gasteiger partial charge in [0, 0.05) is 6.07 Å². The van der Waals surface area contributed by atoms with Crippen LogP contribution in [0.4, 0.5) is 14.5 Å². The standard InChI is InChI=1S/C10H6BrClF2N2S/c11-5-1-7(14)8(2-6(5)13)15-4-10-16-3-9(12)17-10/h1-3,15H,4H2. The Kier molecular flexibility index (Phi) is 3.96. The van der Waals surface area contributed by atoms with E-state index in [4.69, 9.17) is 11.6 Å². The zero-order valence-corrected chi connectivity index (χ0v) is 11.5. The Morgan fingerprint density at radius 1 is 1.35 bits per heavy atom. The van der Waals surface area contributed by atoms with Gasteiger partial charge in [-0.1, -0.05) is 11.6 Å². The molecule has 0 saturated carbocycles. The first-order chi connectivity index (χ1) is 8.06. The molecule has 1 aromatic heterocycles. The molecule has 0 bridgehead atoms. The Hall–Kier alpha value is -0.720. The van der Waals surface area contributed by atoms with Gasteiger partial charge in [0.2, 0.25) is 0 Å². The molecular weight excluding hydrogens is 334 g/mol. The number of benzene rings is 1.